The molecule has 1 N–H and O–H groups in total. The number of hydrogen-bond donors (Lipinski definition) is 1. The second kappa shape index (κ2) is 16.6. The molecular formula is C40H71NO2. The molecule has 0 aromatic heterocycles. The van der Waals surface area contributed by atoms with E-state index >= 15 is 0 Å². The van der Waals surface area contributed by atoms with E-state index in [1.165, 1.54) is 89.9 Å². The molecule has 0 heterocycles. The van der Waals surface area contributed by atoms with Gasteiger partial charge in [0.15, 0.2) is 0 Å². The first-order valence-corrected chi connectivity index (χ1v) is 19.3. The van der Waals surface area contributed by atoms with Gasteiger partial charge in [0.2, 0.25) is 5.91 Å². The van der Waals surface area contributed by atoms with Crippen molar-refractivity contribution in [3.05, 3.63) is 11.6 Å². The zero-order valence-corrected chi connectivity index (χ0v) is 29.5. The van der Waals surface area contributed by atoms with Crippen LogP contribution >= 0.6 is 0 Å². The first-order chi connectivity index (χ1) is 20.7. The molecule has 8 atom stereocenters. The van der Waals surface area contributed by atoms with Crippen LogP contribution in [0.4, 0.5) is 0 Å². The number of allylic oxidation sites excluding steroid dienone is 1. The second-order valence-electron chi connectivity index (χ2n) is 16.6. The average Bonchev–Trinajstić information content (AvgIpc) is 3.33. The van der Waals surface area contributed by atoms with Gasteiger partial charge in [-0.1, -0.05) is 105 Å². The van der Waals surface area contributed by atoms with Gasteiger partial charge < -0.3 is 10.1 Å². The van der Waals surface area contributed by atoms with Crippen molar-refractivity contribution in [1.82, 2.24) is 5.32 Å². The number of nitrogens with one attached hydrogen (secondary N) is 1. The summed E-state index contributed by atoms with van der Waals surface area (Å²) in [4.78, 5) is 12.1. The quantitative estimate of drug-likeness (QED) is 0.126. The second-order valence-corrected chi connectivity index (χ2v) is 16.6. The van der Waals surface area contributed by atoms with Gasteiger partial charge in [0.05, 0.1) is 6.10 Å². The van der Waals surface area contributed by atoms with Gasteiger partial charge in [-0.15, -0.1) is 0 Å². The fourth-order valence-corrected chi connectivity index (χ4v) is 10.7. The van der Waals surface area contributed by atoms with Crippen molar-refractivity contribution in [3.8, 4) is 0 Å². The van der Waals surface area contributed by atoms with Gasteiger partial charge in [-0.2, -0.15) is 0 Å². The predicted molar refractivity (Wildman–Crippen MR) is 183 cm³/mol. The summed E-state index contributed by atoms with van der Waals surface area (Å²) >= 11 is 0. The zero-order chi connectivity index (χ0) is 30.9. The third-order valence-corrected chi connectivity index (χ3v) is 13.3. The van der Waals surface area contributed by atoms with Gasteiger partial charge in [-0.3, -0.25) is 4.79 Å². The lowest BCUT2D eigenvalue weighted by molar-refractivity contribution is -0.121. The highest BCUT2D eigenvalue weighted by Crippen LogP contribution is 2.67. The molecule has 4 aliphatic rings. The van der Waals surface area contributed by atoms with E-state index in [9.17, 15) is 4.79 Å². The van der Waals surface area contributed by atoms with Crippen LogP contribution < -0.4 is 5.32 Å². The largest absolute Gasteiger partial charge is 0.378 e. The maximum atomic E-state index is 12.1. The van der Waals surface area contributed by atoms with E-state index in [2.05, 4.69) is 52.9 Å². The van der Waals surface area contributed by atoms with Gasteiger partial charge >= 0.3 is 0 Å². The summed E-state index contributed by atoms with van der Waals surface area (Å²) in [6.45, 7) is 16.7. The Balaban J connectivity index is 1.17. The molecule has 4 aliphatic carbocycles. The van der Waals surface area contributed by atoms with Crippen LogP contribution in [0.25, 0.3) is 0 Å². The number of unbranched alkanes of at least 4 members (excludes halogenated alkanes) is 6. The van der Waals surface area contributed by atoms with Gasteiger partial charge in [0.1, 0.15) is 0 Å². The van der Waals surface area contributed by atoms with Gasteiger partial charge in [-0.25, -0.2) is 0 Å². The highest BCUT2D eigenvalue weighted by atomic mass is 16.5. The number of ether oxygens (including phenoxy) is 1. The molecule has 43 heavy (non-hydrogen) atoms. The number of amides is 1. The van der Waals surface area contributed by atoms with Crippen LogP contribution in [0.15, 0.2) is 11.6 Å². The third-order valence-electron chi connectivity index (χ3n) is 13.3. The molecule has 0 aromatic carbocycles. The fraction of sp³-hybridized carbons (Fsp3) is 0.925. The maximum absolute atomic E-state index is 12.1. The molecular weight excluding hydrogens is 526 g/mol. The molecule has 1 amide bonds. The lowest BCUT2D eigenvalue weighted by Gasteiger charge is -2.58. The Labute approximate surface area is 267 Å². The molecule has 0 spiro atoms. The molecule has 0 radical (unpaired) electrons. The molecule has 248 valence electrons. The average molecular weight is 598 g/mol. The van der Waals surface area contributed by atoms with Crippen LogP contribution in [0.3, 0.4) is 0 Å². The highest BCUT2D eigenvalue weighted by Gasteiger charge is 2.59. The SMILES string of the molecule is CCCCCCCNC(=O)CCCCCO[C@H]1CC[C@@]2(C)C(=CCC3[C@@H]4CC[C@H]([C@@H](C)CCCC(C)C)[C@@]4(C)CC[C@@H]32)C1. The topological polar surface area (TPSA) is 38.3 Å². The zero-order valence-electron chi connectivity index (χ0n) is 29.5. The Bertz CT molecular complexity index is 880. The Morgan fingerprint density at radius 1 is 0.907 bits per heavy atom. The number of rotatable bonds is 18. The molecule has 0 aromatic rings. The van der Waals surface area contributed by atoms with Crippen molar-refractivity contribution in [2.45, 2.75) is 176 Å². The first-order valence-electron chi connectivity index (χ1n) is 19.3. The van der Waals surface area contributed by atoms with Crippen molar-refractivity contribution < 1.29 is 9.53 Å². The number of fused-ring (bicyclic) bond motifs is 5. The van der Waals surface area contributed by atoms with Crippen molar-refractivity contribution in [1.29, 1.82) is 0 Å². The summed E-state index contributed by atoms with van der Waals surface area (Å²) in [7, 11) is 0. The molecule has 0 saturated heterocycles. The van der Waals surface area contributed by atoms with Gasteiger partial charge in [0, 0.05) is 19.6 Å². The molecule has 0 bridgehead atoms. The van der Waals surface area contributed by atoms with Crippen LogP contribution in [-0.4, -0.2) is 25.2 Å². The molecule has 3 heteroatoms. The monoisotopic (exact) mass is 598 g/mol. The van der Waals surface area contributed by atoms with Crippen molar-refractivity contribution in [2.24, 2.45) is 46.3 Å². The van der Waals surface area contributed by atoms with E-state index < -0.39 is 0 Å². The number of carbonyl (C=O) groups excluding carboxylic acids is 1. The summed E-state index contributed by atoms with van der Waals surface area (Å²) in [6, 6.07) is 0. The van der Waals surface area contributed by atoms with Crippen LogP contribution in [0, 0.1) is 46.3 Å². The summed E-state index contributed by atoms with van der Waals surface area (Å²) in [5, 5.41) is 3.11. The Morgan fingerprint density at radius 3 is 2.49 bits per heavy atom. The molecule has 3 nitrogen and oxygen atoms in total. The van der Waals surface area contributed by atoms with E-state index in [0.29, 0.717) is 23.4 Å². The van der Waals surface area contributed by atoms with E-state index in [1.807, 2.05) is 0 Å². The summed E-state index contributed by atoms with van der Waals surface area (Å²) in [5.74, 6) is 5.67. The van der Waals surface area contributed by atoms with Crippen LogP contribution in [0.5, 0.6) is 0 Å². The Morgan fingerprint density at radius 2 is 1.70 bits per heavy atom. The smallest absolute Gasteiger partial charge is 0.219 e. The minimum absolute atomic E-state index is 0.234. The minimum Gasteiger partial charge on any atom is -0.378 e. The van der Waals surface area contributed by atoms with Crippen LogP contribution in [-0.2, 0) is 9.53 Å². The van der Waals surface area contributed by atoms with Crippen molar-refractivity contribution in [2.75, 3.05) is 13.2 Å². The lowest BCUT2D eigenvalue weighted by Crippen LogP contribution is -2.51. The van der Waals surface area contributed by atoms with Crippen LogP contribution in [0.2, 0.25) is 0 Å². The molecule has 4 rings (SSSR count). The molecule has 3 fully saturated rings. The standard InChI is InChI=1S/C40H71NO2/c1-7-8-9-10-13-27-41-38(42)18-12-11-14-28-43-33-23-25-39(5)32(29-33)19-20-34-36-22-21-35(31(4)17-15-16-30(2)3)40(36,6)26-24-37(34)39/h19,30-31,33-37H,7-18,20-29H2,1-6H3,(H,41,42)/t31-,33-,34?,35+,36-,37-,39-,40+/m0/s1. The highest BCUT2D eigenvalue weighted by molar-refractivity contribution is 5.75. The minimum atomic E-state index is 0.234. The first kappa shape index (κ1) is 35.0. The lowest BCUT2D eigenvalue weighted by atomic mass is 9.47. The van der Waals surface area contributed by atoms with E-state index in [0.717, 1.165) is 80.8 Å². The summed E-state index contributed by atoms with van der Waals surface area (Å²) in [6.07, 6.45) is 28.4. The summed E-state index contributed by atoms with van der Waals surface area (Å²) < 4.78 is 6.46. The Kier molecular flexibility index (Phi) is 13.6. The maximum Gasteiger partial charge on any atom is 0.219 e. The van der Waals surface area contributed by atoms with Crippen molar-refractivity contribution >= 4 is 5.91 Å². The van der Waals surface area contributed by atoms with E-state index in [4.69, 9.17) is 4.74 Å². The van der Waals surface area contributed by atoms with Crippen LogP contribution in [0.1, 0.15) is 170 Å². The van der Waals surface area contributed by atoms with Gasteiger partial charge in [-0.05, 0) is 117 Å². The fourth-order valence-electron chi connectivity index (χ4n) is 10.7. The van der Waals surface area contributed by atoms with E-state index in [1.54, 1.807) is 5.57 Å². The number of carbonyl (C=O) groups is 1. The summed E-state index contributed by atoms with van der Waals surface area (Å²) in [5.41, 5.74) is 2.74. The van der Waals surface area contributed by atoms with E-state index in [-0.39, 0.29) is 5.91 Å². The normalized spacial score (nSPS) is 34.3. The molecule has 3 saturated carbocycles. The predicted octanol–water partition coefficient (Wildman–Crippen LogP) is 11.1. The molecule has 0 aliphatic heterocycles. The molecule has 1 unspecified atom stereocenters. The third kappa shape index (κ3) is 8.92. The van der Waals surface area contributed by atoms with Gasteiger partial charge in [0.25, 0.3) is 0 Å². The Hall–Kier alpha value is -0.830. The van der Waals surface area contributed by atoms with Crippen molar-refractivity contribution in [3.63, 3.8) is 0 Å². The number of hydrogen-bond acceptors (Lipinski definition) is 2.